The van der Waals surface area contributed by atoms with Gasteiger partial charge in [0, 0.05) is 20.5 Å². The van der Waals surface area contributed by atoms with Crippen LogP contribution in [0.25, 0.3) is 0 Å². The predicted octanol–water partition coefficient (Wildman–Crippen LogP) is 3.48. The summed E-state index contributed by atoms with van der Waals surface area (Å²) < 4.78 is 0. The van der Waals surface area contributed by atoms with Gasteiger partial charge in [0.2, 0.25) is 0 Å². The molecule has 0 radical (unpaired) electrons. The molecule has 1 aromatic carbocycles. The first-order chi connectivity index (χ1) is 8.97. The van der Waals surface area contributed by atoms with Gasteiger partial charge in [-0.1, -0.05) is 29.8 Å². The number of carbonyl (C=O) groups is 1. The van der Waals surface area contributed by atoms with Crippen LogP contribution in [-0.4, -0.2) is 12.8 Å². The molecule has 0 aliphatic rings. The highest BCUT2D eigenvalue weighted by Crippen LogP contribution is 2.32. The van der Waals surface area contributed by atoms with E-state index in [-0.39, 0.29) is 5.78 Å². The minimum absolute atomic E-state index is 0.0254. The highest BCUT2D eigenvalue weighted by atomic mass is 32.1. The molecule has 1 heterocycles. The van der Waals surface area contributed by atoms with Gasteiger partial charge in [0.05, 0.1) is 15.6 Å². The van der Waals surface area contributed by atoms with Gasteiger partial charge in [-0.25, -0.2) is 0 Å². The van der Waals surface area contributed by atoms with E-state index in [0.717, 1.165) is 11.5 Å². The fraction of sp³-hybridized carbons (Fsp3) is 0.267. The largest absolute Gasteiger partial charge is 0.397 e. The predicted molar refractivity (Wildman–Crippen MR) is 82.0 cm³/mol. The van der Waals surface area contributed by atoms with Gasteiger partial charge < -0.3 is 10.6 Å². The first kappa shape index (κ1) is 13.6. The summed E-state index contributed by atoms with van der Waals surface area (Å²) in [6, 6.07) is 10.3. The van der Waals surface area contributed by atoms with Gasteiger partial charge in [0.25, 0.3) is 0 Å². The fourth-order valence-corrected chi connectivity index (χ4v) is 2.84. The second-order valence-electron chi connectivity index (χ2n) is 4.77. The molecule has 0 saturated carbocycles. The van der Waals surface area contributed by atoms with Crippen molar-refractivity contribution in [2.45, 2.75) is 20.4 Å². The van der Waals surface area contributed by atoms with Crippen molar-refractivity contribution < 1.29 is 4.79 Å². The number of carbonyl (C=O) groups excluding carboxylic acids is 1. The minimum atomic E-state index is 0.0254. The lowest BCUT2D eigenvalue weighted by molar-refractivity contribution is 0.102. The van der Waals surface area contributed by atoms with Crippen molar-refractivity contribution in [2.24, 2.45) is 0 Å². The molecular formula is C15H18N2OS. The summed E-state index contributed by atoms with van der Waals surface area (Å²) in [4.78, 5) is 14.2. The molecule has 0 bridgehead atoms. The van der Waals surface area contributed by atoms with E-state index in [1.807, 2.05) is 13.1 Å². The number of hydrogen-bond donors (Lipinski definition) is 1. The van der Waals surface area contributed by atoms with Gasteiger partial charge in [-0.2, -0.15) is 0 Å². The summed E-state index contributed by atoms with van der Waals surface area (Å²) >= 11 is 1.45. The molecule has 0 aliphatic carbocycles. The molecule has 0 saturated heterocycles. The van der Waals surface area contributed by atoms with Crippen molar-refractivity contribution in [3.63, 3.8) is 0 Å². The molecule has 0 amide bonds. The molecule has 0 unspecified atom stereocenters. The Kier molecular flexibility index (Phi) is 3.90. The molecule has 1 aromatic heterocycles. The van der Waals surface area contributed by atoms with E-state index in [4.69, 9.17) is 5.73 Å². The van der Waals surface area contributed by atoms with Gasteiger partial charge in [0.1, 0.15) is 0 Å². The molecule has 0 spiro atoms. The fourth-order valence-electron chi connectivity index (χ4n) is 1.90. The van der Waals surface area contributed by atoms with Crippen molar-refractivity contribution >= 4 is 27.8 Å². The maximum absolute atomic E-state index is 11.4. The zero-order valence-electron chi connectivity index (χ0n) is 11.4. The number of aryl methyl sites for hydroxylation is 1. The van der Waals surface area contributed by atoms with E-state index in [2.05, 4.69) is 36.1 Å². The average molecular weight is 274 g/mol. The number of ketones is 1. The van der Waals surface area contributed by atoms with Crippen molar-refractivity contribution in [1.82, 2.24) is 0 Å². The second-order valence-corrected chi connectivity index (χ2v) is 5.80. The SMILES string of the molecule is CC(=O)c1sc(N(C)Cc2ccc(C)cc2)cc1N. The summed E-state index contributed by atoms with van der Waals surface area (Å²) in [5.41, 5.74) is 8.92. The van der Waals surface area contributed by atoms with E-state index >= 15 is 0 Å². The van der Waals surface area contributed by atoms with Crippen molar-refractivity contribution in [3.05, 3.63) is 46.3 Å². The third kappa shape index (κ3) is 3.15. The van der Waals surface area contributed by atoms with Gasteiger partial charge in [0.15, 0.2) is 5.78 Å². The van der Waals surface area contributed by atoms with Crippen LogP contribution in [0, 0.1) is 6.92 Å². The molecule has 100 valence electrons. The van der Waals surface area contributed by atoms with Crippen molar-refractivity contribution in [3.8, 4) is 0 Å². The molecule has 0 aliphatic heterocycles. The van der Waals surface area contributed by atoms with E-state index in [1.54, 1.807) is 6.92 Å². The zero-order valence-corrected chi connectivity index (χ0v) is 12.3. The smallest absolute Gasteiger partial charge is 0.171 e. The number of nitrogen functional groups attached to an aromatic ring is 1. The molecule has 0 atom stereocenters. The maximum atomic E-state index is 11.4. The quantitative estimate of drug-likeness (QED) is 0.868. The number of rotatable bonds is 4. The average Bonchev–Trinajstić information content (AvgIpc) is 2.74. The third-order valence-corrected chi connectivity index (χ3v) is 4.35. The number of Topliss-reactive ketones (excluding diaryl/α,β-unsaturated/α-hetero) is 1. The van der Waals surface area contributed by atoms with Crippen LogP contribution in [0.3, 0.4) is 0 Å². The molecule has 2 rings (SSSR count). The standard InChI is InChI=1S/C15H18N2OS/c1-10-4-6-12(7-5-10)9-17(3)14-8-13(16)15(19-14)11(2)18/h4-8H,9,16H2,1-3H3. The van der Waals surface area contributed by atoms with Crippen molar-refractivity contribution in [1.29, 1.82) is 0 Å². The van der Waals surface area contributed by atoms with Gasteiger partial charge in [-0.3, -0.25) is 4.79 Å². The summed E-state index contributed by atoms with van der Waals surface area (Å²) in [5, 5.41) is 1.02. The third-order valence-electron chi connectivity index (χ3n) is 2.98. The topological polar surface area (TPSA) is 46.3 Å². The lowest BCUT2D eigenvalue weighted by Gasteiger charge is -2.17. The van der Waals surface area contributed by atoms with Crippen LogP contribution in [0.15, 0.2) is 30.3 Å². The summed E-state index contributed by atoms with van der Waals surface area (Å²) in [6.07, 6.45) is 0. The molecule has 4 heteroatoms. The Morgan fingerprint density at radius 2 is 1.95 bits per heavy atom. The van der Waals surface area contributed by atoms with E-state index in [9.17, 15) is 4.79 Å². The molecule has 0 fully saturated rings. The molecule has 2 N–H and O–H groups in total. The minimum Gasteiger partial charge on any atom is -0.397 e. The van der Waals surface area contributed by atoms with Gasteiger partial charge >= 0.3 is 0 Å². The Morgan fingerprint density at radius 1 is 1.32 bits per heavy atom. The number of benzene rings is 1. The Bertz CT molecular complexity index is 587. The van der Waals surface area contributed by atoms with Crippen molar-refractivity contribution in [2.75, 3.05) is 17.7 Å². The summed E-state index contributed by atoms with van der Waals surface area (Å²) in [5.74, 6) is 0.0254. The Labute approximate surface area is 117 Å². The first-order valence-electron chi connectivity index (χ1n) is 6.14. The van der Waals surface area contributed by atoms with E-state index in [1.165, 1.54) is 22.5 Å². The number of nitrogens with two attached hydrogens (primary N) is 1. The Hall–Kier alpha value is -1.81. The van der Waals surface area contributed by atoms with Crippen LogP contribution in [0.1, 0.15) is 27.7 Å². The van der Waals surface area contributed by atoms with E-state index < -0.39 is 0 Å². The van der Waals surface area contributed by atoms with Crippen LogP contribution < -0.4 is 10.6 Å². The zero-order chi connectivity index (χ0) is 14.0. The molecular weight excluding hydrogens is 256 g/mol. The van der Waals surface area contributed by atoms with Crippen LogP contribution in [0.2, 0.25) is 0 Å². The Balaban J connectivity index is 2.15. The van der Waals surface area contributed by atoms with Crippen LogP contribution in [0.4, 0.5) is 10.7 Å². The number of nitrogens with zero attached hydrogens (tertiary/aromatic N) is 1. The monoisotopic (exact) mass is 274 g/mol. The summed E-state index contributed by atoms with van der Waals surface area (Å²) in [7, 11) is 2.01. The molecule has 3 nitrogen and oxygen atoms in total. The van der Waals surface area contributed by atoms with Gasteiger partial charge in [-0.05, 0) is 18.6 Å². The van der Waals surface area contributed by atoms with E-state index in [0.29, 0.717) is 10.6 Å². The van der Waals surface area contributed by atoms with Crippen LogP contribution in [0.5, 0.6) is 0 Å². The van der Waals surface area contributed by atoms with Crippen LogP contribution >= 0.6 is 11.3 Å². The second kappa shape index (κ2) is 5.45. The molecule has 2 aromatic rings. The molecule has 19 heavy (non-hydrogen) atoms. The normalized spacial score (nSPS) is 10.5. The number of hydrogen-bond acceptors (Lipinski definition) is 4. The Morgan fingerprint density at radius 3 is 2.47 bits per heavy atom. The van der Waals surface area contributed by atoms with Gasteiger partial charge in [-0.15, -0.1) is 11.3 Å². The summed E-state index contributed by atoms with van der Waals surface area (Å²) in [6.45, 7) is 4.43. The lowest BCUT2D eigenvalue weighted by Crippen LogP contribution is -2.14. The number of thiophene rings is 1. The first-order valence-corrected chi connectivity index (χ1v) is 6.96. The highest BCUT2D eigenvalue weighted by Gasteiger charge is 2.13. The maximum Gasteiger partial charge on any atom is 0.171 e. The lowest BCUT2D eigenvalue weighted by atomic mass is 10.1. The highest BCUT2D eigenvalue weighted by molar-refractivity contribution is 7.18. The van der Waals surface area contributed by atoms with Crippen LogP contribution in [-0.2, 0) is 6.54 Å². The number of anilines is 2.